The summed E-state index contributed by atoms with van der Waals surface area (Å²) < 4.78 is 1.36. The van der Waals surface area contributed by atoms with Gasteiger partial charge < -0.3 is 10.2 Å². The van der Waals surface area contributed by atoms with Crippen molar-refractivity contribution in [1.82, 2.24) is 0 Å². The van der Waals surface area contributed by atoms with Crippen LogP contribution in [0.4, 0.5) is 0 Å². The zero-order chi connectivity index (χ0) is 24.3. The zero-order valence-electron chi connectivity index (χ0n) is 19.0. The van der Waals surface area contributed by atoms with Crippen LogP contribution in [0.1, 0.15) is 51.0 Å². The van der Waals surface area contributed by atoms with Gasteiger partial charge in [-0.1, -0.05) is 43.3 Å². The predicted molar refractivity (Wildman–Crippen MR) is 140 cm³/mol. The van der Waals surface area contributed by atoms with E-state index in [0.29, 0.717) is 32.2 Å². The lowest BCUT2D eigenvalue weighted by Crippen LogP contribution is -2.15. The quantitative estimate of drug-likeness (QED) is 0.293. The normalized spacial score (nSPS) is 13.6. The topological polar surface area (TPSA) is 74.6 Å². The van der Waals surface area contributed by atoms with E-state index < -0.39 is 0 Å². The summed E-state index contributed by atoms with van der Waals surface area (Å²) in [5.41, 5.74) is 5.21. The van der Waals surface area contributed by atoms with Gasteiger partial charge in [0.05, 0.1) is 0 Å². The Morgan fingerprint density at radius 1 is 0.829 bits per heavy atom. The van der Waals surface area contributed by atoms with Crippen molar-refractivity contribution in [3.63, 3.8) is 0 Å². The largest absolute Gasteiger partial charge is 0.508 e. The van der Waals surface area contributed by atoms with Crippen molar-refractivity contribution in [2.75, 3.05) is 0 Å². The van der Waals surface area contributed by atoms with Crippen LogP contribution in [0.25, 0.3) is 20.2 Å². The highest BCUT2D eigenvalue weighted by molar-refractivity contribution is 7.24. The van der Waals surface area contributed by atoms with Crippen LogP contribution in [0.15, 0.2) is 77.6 Å². The van der Waals surface area contributed by atoms with Crippen molar-refractivity contribution in [3.05, 3.63) is 116 Å². The molecule has 0 spiro atoms. The third-order valence-electron chi connectivity index (χ3n) is 6.97. The number of ketones is 1. The molecule has 0 saturated carbocycles. The highest BCUT2D eigenvalue weighted by Gasteiger charge is 2.24. The van der Waals surface area contributed by atoms with Crippen LogP contribution in [0.2, 0.25) is 0 Å². The van der Waals surface area contributed by atoms with Gasteiger partial charge in [-0.15, -0.1) is 11.3 Å². The average molecular weight is 479 g/mol. The minimum atomic E-state index is -0.110. The molecule has 1 atom stereocenters. The second-order valence-electron chi connectivity index (χ2n) is 9.27. The van der Waals surface area contributed by atoms with Crippen molar-refractivity contribution in [3.8, 4) is 11.5 Å². The zero-order valence-corrected chi connectivity index (χ0v) is 19.9. The molecule has 4 aromatic carbocycles. The molecule has 2 N–H and O–H groups in total. The molecule has 35 heavy (non-hydrogen) atoms. The Kier molecular flexibility index (Phi) is 4.97. The summed E-state index contributed by atoms with van der Waals surface area (Å²) in [5, 5.41) is 21.7. The number of benzene rings is 4. The van der Waals surface area contributed by atoms with Crippen LogP contribution in [-0.2, 0) is 12.8 Å². The van der Waals surface area contributed by atoms with Gasteiger partial charge in [0.1, 0.15) is 11.5 Å². The van der Waals surface area contributed by atoms with Crippen molar-refractivity contribution in [1.29, 1.82) is 0 Å². The summed E-state index contributed by atoms with van der Waals surface area (Å²) in [6, 6.07) is 22.0. The number of rotatable bonds is 3. The Balaban J connectivity index is 1.36. The number of phenols is 2. The summed E-state index contributed by atoms with van der Waals surface area (Å²) in [4.78, 5) is 26.2. The number of fused-ring (bicyclic) bond motifs is 4. The summed E-state index contributed by atoms with van der Waals surface area (Å²) in [5.74, 6) is 0.335. The van der Waals surface area contributed by atoms with Gasteiger partial charge in [0.2, 0.25) is 0 Å². The second kappa shape index (κ2) is 8.07. The molecule has 0 saturated heterocycles. The highest BCUT2D eigenvalue weighted by atomic mass is 32.1. The molecule has 0 radical (unpaired) electrons. The molecule has 1 heterocycles. The second-order valence-corrected chi connectivity index (χ2v) is 10.4. The fourth-order valence-corrected chi connectivity index (χ4v) is 6.17. The first-order valence-corrected chi connectivity index (χ1v) is 12.4. The standard InChI is InChI=1S/C30H22O4S/c1-16(17-6-7-19-11-18-4-2-3-5-22(18)29(33)24(19)12-17)10-20-13-25-28(15-26(20)32)35-27-14-21(31)8-9-23(27)30(25)34/h2-9,12-16,31-32H,10-11H2,1H3. The molecule has 0 fully saturated rings. The van der Waals surface area contributed by atoms with Crippen LogP contribution < -0.4 is 5.43 Å². The van der Waals surface area contributed by atoms with Crippen molar-refractivity contribution < 1.29 is 15.0 Å². The smallest absolute Gasteiger partial charge is 0.195 e. The molecule has 172 valence electrons. The number of hydrogen-bond acceptors (Lipinski definition) is 5. The first-order valence-electron chi connectivity index (χ1n) is 11.6. The van der Waals surface area contributed by atoms with Gasteiger partial charge in [-0.25, -0.2) is 0 Å². The van der Waals surface area contributed by atoms with E-state index in [1.54, 1.807) is 24.3 Å². The fraction of sp³-hybridized carbons (Fsp3) is 0.133. The first-order chi connectivity index (χ1) is 16.9. The van der Waals surface area contributed by atoms with Crippen molar-refractivity contribution >= 4 is 37.3 Å². The third-order valence-corrected chi connectivity index (χ3v) is 8.09. The van der Waals surface area contributed by atoms with E-state index in [2.05, 4.69) is 13.0 Å². The van der Waals surface area contributed by atoms with Crippen molar-refractivity contribution in [2.24, 2.45) is 0 Å². The van der Waals surface area contributed by atoms with E-state index in [1.165, 1.54) is 17.4 Å². The van der Waals surface area contributed by atoms with Gasteiger partial charge in [0, 0.05) is 31.3 Å². The van der Waals surface area contributed by atoms with Crippen LogP contribution in [-0.4, -0.2) is 16.0 Å². The summed E-state index contributed by atoms with van der Waals surface area (Å²) >= 11 is 1.37. The van der Waals surface area contributed by atoms with Gasteiger partial charge in [-0.2, -0.15) is 0 Å². The van der Waals surface area contributed by atoms with Gasteiger partial charge in [-0.3, -0.25) is 9.59 Å². The summed E-state index contributed by atoms with van der Waals surface area (Å²) in [6.45, 7) is 2.07. The van der Waals surface area contributed by atoms with Gasteiger partial charge in [-0.05, 0) is 77.4 Å². The van der Waals surface area contributed by atoms with Gasteiger partial charge in [0.15, 0.2) is 11.2 Å². The number of aromatic hydroxyl groups is 2. The molecule has 0 amide bonds. The summed E-state index contributed by atoms with van der Waals surface area (Å²) in [7, 11) is 0. The van der Waals surface area contributed by atoms with Crippen LogP contribution in [0.5, 0.6) is 11.5 Å². The van der Waals surface area contributed by atoms with E-state index in [0.717, 1.165) is 34.2 Å². The highest BCUT2D eigenvalue weighted by Crippen LogP contribution is 2.35. The molecule has 0 bridgehead atoms. The SMILES string of the molecule is CC(Cc1cc2c(=O)c3ccc(O)cc3sc2cc1O)c1ccc2c(c1)C(=O)c1ccccc1C2. The average Bonchev–Trinajstić information content (AvgIpc) is 2.85. The van der Waals surface area contributed by atoms with E-state index >= 15 is 0 Å². The molecule has 5 heteroatoms. The number of hydrogen-bond donors (Lipinski definition) is 2. The molecular weight excluding hydrogens is 456 g/mol. The maximum absolute atomic E-state index is 13.1. The Hall–Kier alpha value is -3.96. The van der Waals surface area contributed by atoms with Crippen LogP contribution in [0, 0.1) is 0 Å². The Labute approximate surface area is 205 Å². The van der Waals surface area contributed by atoms with E-state index in [-0.39, 0.29) is 28.6 Å². The number of carbonyl (C=O) groups is 1. The third kappa shape index (κ3) is 3.60. The minimum absolute atomic E-state index is 0.0322. The molecule has 6 rings (SSSR count). The minimum Gasteiger partial charge on any atom is -0.508 e. The van der Waals surface area contributed by atoms with Gasteiger partial charge in [0.25, 0.3) is 0 Å². The molecule has 1 aliphatic rings. The van der Waals surface area contributed by atoms with E-state index in [4.69, 9.17) is 0 Å². The molecular formula is C30H22O4S. The fourth-order valence-electron chi connectivity index (χ4n) is 5.05. The van der Waals surface area contributed by atoms with E-state index in [1.807, 2.05) is 36.4 Å². The maximum Gasteiger partial charge on any atom is 0.195 e. The lowest BCUT2D eigenvalue weighted by atomic mass is 9.82. The van der Waals surface area contributed by atoms with E-state index in [9.17, 15) is 19.8 Å². The number of phenolic OH excluding ortho intramolecular Hbond substituents is 2. The molecule has 5 aromatic rings. The molecule has 1 aromatic heterocycles. The molecule has 1 unspecified atom stereocenters. The first kappa shape index (κ1) is 21.6. The molecule has 4 nitrogen and oxygen atoms in total. The molecule has 0 aliphatic heterocycles. The Morgan fingerprint density at radius 3 is 2.46 bits per heavy atom. The maximum atomic E-state index is 13.1. The van der Waals surface area contributed by atoms with Crippen molar-refractivity contribution in [2.45, 2.75) is 25.7 Å². The van der Waals surface area contributed by atoms with Gasteiger partial charge >= 0.3 is 0 Å². The monoisotopic (exact) mass is 478 g/mol. The Bertz CT molecular complexity index is 1730. The van der Waals surface area contributed by atoms with Crippen LogP contribution in [0.3, 0.4) is 0 Å². The number of carbonyl (C=O) groups excluding carboxylic acids is 1. The predicted octanol–water partition coefficient (Wildman–Crippen LogP) is 6.31. The lowest BCUT2D eigenvalue weighted by Gasteiger charge is -2.21. The molecule has 1 aliphatic carbocycles. The van der Waals surface area contributed by atoms with Crippen LogP contribution >= 0.6 is 11.3 Å². The Morgan fingerprint density at radius 2 is 1.60 bits per heavy atom. The summed E-state index contributed by atoms with van der Waals surface area (Å²) in [6.07, 6.45) is 1.28. The lowest BCUT2D eigenvalue weighted by molar-refractivity contribution is 0.103.